The highest BCUT2D eigenvalue weighted by molar-refractivity contribution is 6.03. The number of benzene rings is 1. The van der Waals surface area contributed by atoms with E-state index in [1.807, 2.05) is 0 Å². The van der Waals surface area contributed by atoms with Gasteiger partial charge in [-0.15, -0.1) is 0 Å². The number of amides is 2. The maximum atomic E-state index is 13.9. The number of nitrogens with zero attached hydrogens (tertiary/aromatic N) is 3. The molecule has 8 heteroatoms. The molecule has 0 fully saturated rings. The molecule has 7 nitrogen and oxygen atoms in total. The van der Waals surface area contributed by atoms with E-state index in [2.05, 4.69) is 0 Å². The van der Waals surface area contributed by atoms with Gasteiger partial charge in [-0.3, -0.25) is 14.4 Å². The minimum absolute atomic E-state index is 0.0105. The molecule has 1 N–H and O–H groups in total. The smallest absolute Gasteiger partial charge is 0.293 e. The van der Waals surface area contributed by atoms with Crippen molar-refractivity contribution in [3.05, 3.63) is 62.8 Å². The first-order valence-electron chi connectivity index (χ1n) is 8.43. The summed E-state index contributed by atoms with van der Waals surface area (Å²) in [7, 11) is 4.47. The zero-order valence-electron chi connectivity index (χ0n) is 15.3. The predicted molar refractivity (Wildman–Crippen MR) is 96.2 cm³/mol. The van der Waals surface area contributed by atoms with Gasteiger partial charge < -0.3 is 19.5 Å². The van der Waals surface area contributed by atoms with Gasteiger partial charge in [0.15, 0.2) is 5.75 Å². The normalized spacial score (nSPS) is 13.5. The van der Waals surface area contributed by atoms with Gasteiger partial charge in [-0.2, -0.15) is 0 Å². The molecule has 1 aliphatic rings. The van der Waals surface area contributed by atoms with E-state index in [4.69, 9.17) is 0 Å². The quantitative estimate of drug-likeness (QED) is 0.874. The number of hydrogen-bond donors (Lipinski definition) is 1. The maximum Gasteiger partial charge on any atom is 0.293 e. The molecule has 2 amide bonds. The van der Waals surface area contributed by atoms with Crippen LogP contribution in [-0.4, -0.2) is 51.9 Å². The molecule has 0 aliphatic carbocycles. The van der Waals surface area contributed by atoms with Gasteiger partial charge in [0.2, 0.25) is 0 Å². The van der Waals surface area contributed by atoms with Crippen molar-refractivity contribution in [2.45, 2.75) is 13.0 Å². The van der Waals surface area contributed by atoms with E-state index in [0.717, 1.165) is 4.57 Å². The van der Waals surface area contributed by atoms with Crippen LogP contribution in [0.5, 0.6) is 5.75 Å². The Morgan fingerprint density at radius 1 is 1.26 bits per heavy atom. The molecule has 27 heavy (non-hydrogen) atoms. The van der Waals surface area contributed by atoms with Gasteiger partial charge in [0.05, 0.1) is 5.56 Å². The molecule has 0 atom stereocenters. The van der Waals surface area contributed by atoms with Crippen LogP contribution in [0.3, 0.4) is 0 Å². The van der Waals surface area contributed by atoms with Gasteiger partial charge in [-0.1, -0.05) is 18.2 Å². The maximum absolute atomic E-state index is 13.9. The second-order valence-electron chi connectivity index (χ2n) is 6.68. The van der Waals surface area contributed by atoms with Crippen molar-refractivity contribution in [2.24, 2.45) is 7.05 Å². The van der Waals surface area contributed by atoms with Crippen molar-refractivity contribution in [2.75, 3.05) is 20.6 Å². The fourth-order valence-corrected chi connectivity index (χ4v) is 3.28. The molecule has 2 heterocycles. The number of fused-ring (bicyclic) bond motifs is 1. The average molecular weight is 373 g/mol. The fourth-order valence-electron chi connectivity index (χ4n) is 3.28. The first-order chi connectivity index (χ1) is 12.7. The van der Waals surface area contributed by atoms with Crippen LogP contribution in [-0.2, 0) is 20.0 Å². The third-order valence-corrected chi connectivity index (χ3v) is 4.73. The van der Waals surface area contributed by atoms with Crippen LogP contribution in [0.4, 0.5) is 4.39 Å². The van der Waals surface area contributed by atoms with Gasteiger partial charge >= 0.3 is 0 Å². The molecule has 3 rings (SSSR count). The van der Waals surface area contributed by atoms with Crippen LogP contribution in [0.2, 0.25) is 0 Å². The molecule has 1 aromatic carbocycles. The molecule has 0 unspecified atom stereocenters. The molecule has 142 valence electrons. The summed E-state index contributed by atoms with van der Waals surface area (Å²) in [6.45, 7) is 0.252. The largest absolute Gasteiger partial charge is 0.502 e. The minimum Gasteiger partial charge on any atom is -0.502 e. The summed E-state index contributed by atoms with van der Waals surface area (Å²) in [6.07, 6.45) is 0.270. The van der Waals surface area contributed by atoms with E-state index < -0.39 is 28.9 Å². The van der Waals surface area contributed by atoms with Gasteiger partial charge in [0.1, 0.15) is 11.5 Å². The zero-order chi connectivity index (χ0) is 19.9. The molecule has 0 spiro atoms. The number of pyridine rings is 1. The van der Waals surface area contributed by atoms with E-state index in [9.17, 15) is 23.9 Å². The Hall–Kier alpha value is -3.16. The predicted octanol–water partition coefficient (Wildman–Crippen LogP) is 1.13. The van der Waals surface area contributed by atoms with Crippen molar-refractivity contribution in [1.29, 1.82) is 0 Å². The number of halogens is 1. The Morgan fingerprint density at radius 3 is 2.56 bits per heavy atom. The monoisotopic (exact) mass is 373 g/mol. The first-order valence-corrected chi connectivity index (χ1v) is 8.43. The molecular weight excluding hydrogens is 353 g/mol. The number of rotatable bonds is 3. The van der Waals surface area contributed by atoms with Crippen LogP contribution < -0.4 is 5.56 Å². The van der Waals surface area contributed by atoms with Crippen molar-refractivity contribution >= 4 is 11.8 Å². The first kappa shape index (κ1) is 18.6. The Labute approximate surface area is 155 Å². The standard InChI is InChI=1S/C19H20FN3O4/c1-21(2)18(26)15-12-8-9-23(10-11-6-4-5-7-13(11)20)17(25)14(12)16(24)19(27)22(15)3/h4-7,24H,8-10H2,1-3H3. The lowest BCUT2D eigenvalue weighted by molar-refractivity contribution is 0.0718. The van der Waals surface area contributed by atoms with Crippen LogP contribution in [0.25, 0.3) is 0 Å². The van der Waals surface area contributed by atoms with E-state index in [0.29, 0.717) is 11.1 Å². The summed E-state index contributed by atoms with van der Waals surface area (Å²) in [5.74, 6) is -2.15. The molecule has 2 aromatic rings. The van der Waals surface area contributed by atoms with Crippen LogP contribution in [0.15, 0.2) is 29.1 Å². The highest BCUT2D eigenvalue weighted by Gasteiger charge is 2.34. The van der Waals surface area contributed by atoms with Crippen LogP contribution in [0.1, 0.15) is 32.0 Å². The van der Waals surface area contributed by atoms with Gasteiger partial charge in [-0.05, 0) is 12.5 Å². The summed E-state index contributed by atoms with van der Waals surface area (Å²) >= 11 is 0. The Morgan fingerprint density at radius 2 is 1.93 bits per heavy atom. The number of carbonyl (C=O) groups excluding carboxylic acids is 2. The Bertz CT molecular complexity index is 997. The summed E-state index contributed by atoms with van der Waals surface area (Å²) in [5.41, 5.74) is -0.243. The topological polar surface area (TPSA) is 82.9 Å². The minimum atomic E-state index is -0.819. The SMILES string of the molecule is CN(C)C(=O)c1c2c(c(O)c(=O)n1C)C(=O)N(Cc1ccccc1F)CC2. The Kier molecular flexibility index (Phi) is 4.73. The lowest BCUT2D eigenvalue weighted by Crippen LogP contribution is -2.42. The lowest BCUT2D eigenvalue weighted by Gasteiger charge is -2.31. The zero-order valence-corrected chi connectivity index (χ0v) is 15.3. The van der Waals surface area contributed by atoms with E-state index in [1.54, 1.807) is 32.3 Å². The van der Waals surface area contributed by atoms with Crippen LogP contribution >= 0.6 is 0 Å². The summed E-state index contributed by atoms with van der Waals surface area (Å²) < 4.78 is 15.0. The molecule has 1 aliphatic heterocycles. The summed E-state index contributed by atoms with van der Waals surface area (Å²) in [6, 6.07) is 6.10. The highest BCUT2D eigenvalue weighted by Crippen LogP contribution is 2.29. The fraction of sp³-hybridized carbons (Fsp3) is 0.316. The summed E-state index contributed by atoms with van der Waals surface area (Å²) in [4.78, 5) is 40.5. The average Bonchev–Trinajstić information content (AvgIpc) is 2.63. The molecular formula is C19H20FN3O4. The van der Waals surface area contributed by atoms with Gasteiger partial charge in [0.25, 0.3) is 17.4 Å². The number of hydrogen-bond acceptors (Lipinski definition) is 4. The molecule has 0 radical (unpaired) electrons. The second kappa shape index (κ2) is 6.86. The number of aromatic nitrogens is 1. The van der Waals surface area contributed by atoms with Crippen molar-refractivity contribution in [3.63, 3.8) is 0 Å². The van der Waals surface area contributed by atoms with Crippen LogP contribution in [0, 0.1) is 5.82 Å². The van der Waals surface area contributed by atoms with E-state index >= 15 is 0 Å². The van der Waals surface area contributed by atoms with Gasteiger partial charge in [-0.25, -0.2) is 4.39 Å². The van der Waals surface area contributed by atoms with Crippen molar-refractivity contribution < 1.29 is 19.1 Å². The van der Waals surface area contributed by atoms with Gasteiger partial charge in [0, 0.05) is 45.4 Å². The van der Waals surface area contributed by atoms with E-state index in [-0.39, 0.29) is 30.8 Å². The molecule has 0 bridgehead atoms. The van der Waals surface area contributed by atoms with Crippen molar-refractivity contribution in [1.82, 2.24) is 14.4 Å². The number of carbonyl (C=O) groups is 2. The summed E-state index contributed by atoms with van der Waals surface area (Å²) in [5, 5.41) is 10.3. The third kappa shape index (κ3) is 3.07. The third-order valence-electron chi connectivity index (χ3n) is 4.73. The Balaban J connectivity index is 2.09. The lowest BCUT2D eigenvalue weighted by atomic mass is 9.95. The van der Waals surface area contributed by atoms with Crippen molar-refractivity contribution in [3.8, 4) is 5.75 Å². The second-order valence-corrected chi connectivity index (χ2v) is 6.68. The molecule has 0 saturated heterocycles. The number of aromatic hydroxyl groups is 1. The highest BCUT2D eigenvalue weighted by atomic mass is 19.1. The van der Waals surface area contributed by atoms with E-state index in [1.165, 1.54) is 22.9 Å². The molecule has 0 saturated carbocycles. The molecule has 1 aromatic heterocycles.